The van der Waals surface area contributed by atoms with Gasteiger partial charge in [-0.3, -0.25) is 4.79 Å². The van der Waals surface area contributed by atoms with Crippen molar-refractivity contribution in [2.24, 2.45) is 5.41 Å². The van der Waals surface area contributed by atoms with E-state index >= 15 is 0 Å². The smallest absolute Gasteiger partial charge is 0.170 e. The summed E-state index contributed by atoms with van der Waals surface area (Å²) in [6.07, 6.45) is 3.68. The summed E-state index contributed by atoms with van der Waals surface area (Å²) < 4.78 is 14.4. The Balaban J connectivity index is 2.34. The number of aromatic hydroxyl groups is 1. The SMILES string of the molecule is CCC12CCCC(=O)C(Br)=C1c1cc(F)c(O)c(Cl)c1C2. The first-order valence-corrected chi connectivity index (χ1v) is 8.22. The fourth-order valence-corrected chi connectivity index (χ4v) is 4.73. The van der Waals surface area contributed by atoms with Crippen molar-refractivity contribution < 1.29 is 14.3 Å². The molecule has 0 bridgehead atoms. The van der Waals surface area contributed by atoms with Crippen LogP contribution in [0.15, 0.2) is 10.5 Å². The molecule has 1 aromatic carbocycles. The van der Waals surface area contributed by atoms with E-state index in [-0.39, 0.29) is 16.2 Å². The third-order valence-electron chi connectivity index (χ3n) is 4.81. The topological polar surface area (TPSA) is 37.3 Å². The van der Waals surface area contributed by atoms with Gasteiger partial charge in [0.05, 0.1) is 9.51 Å². The summed E-state index contributed by atoms with van der Waals surface area (Å²) in [7, 11) is 0. The molecule has 3 rings (SSSR count). The lowest BCUT2D eigenvalue weighted by Crippen LogP contribution is -2.19. The number of hydrogen-bond acceptors (Lipinski definition) is 2. The molecule has 2 aliphatic rings. The van der Waals surface area contributed by atoms with Gasteiger partial charge in [0.2, 0.25) is 0 Å². The number of phenols is 1. The van der Waals surface area contributed by atoms with Crippen LogP contribution < -0.4 is 0 Å². The number of phenolic OH excluding ortho intramolecular Hbond substituents is 1. The molecule has 1 unspecified atom stereocenters. The molecule has 1 atom stereocenters. The zero-order chi connectivity index (χ0) is 15.4. The monoisotopic (exact) mass is 372 g/mol. The van der Waals surface area contributed by atoms with Crippen LogP contribution in [-0.4, -0.2) is 10.9 Å². The maximum atomic E-state index is 13.9. The summed E-state index contributed by atoms with van der Waals surface area (Å²) in [5.74, 6) is -1.19. The van der Waals surface area contributed by atoms with Crippen molar-refractivity contribution in [2.45, 2.75) is 39.0 Å². The maximum absolute atomic E-state index is 13.9. The average Bonchev–Trinajstić information content (AvgIpc) is 2.72. The van der Waals surface area contributed by atoms with Crippen LogP contribution in [0.5, 0.6) is 5.75 Å². The minimum atomic E-state index is -0.741. The van der Waals surface area contributed by atoms with Crippen LogP contribution in [0.25, 0.3) is 5.57 Å². The van der Waals surface area contributed by atoms with Crippen molar-refractivity contribution in [3.05, 3.63) is 32.5 Å². The molecule has 1 N–H and O–H groups in total. The molecule has 0 aromatic heterocycles. The molecule has 0 aliphatic heterocycles. The van der Waals surface area contributed by atoms with Gasteiger partial charge in [-0.25, -0.2) is 4.39 Å². The lowest BCUT2D eigenvalue weighted by Gasteiger charge is -2.29. The standard InChI is InChI=1S/C16H15BrClFO2/c1-2-16-5-3-4-11(20)13(17)12(16)8-6-10(19)15(21)14(18)9(8)7-16/h6,21H,2-5,7H2,1H3. The fourth-order valence-electron chi connectivity index (χ4n) is 3.64. The number of Topliss-reactive ketones (excluding diaryl/α,β-unsaturated/α-hetero) is 1. The normalized spacial score (nSPS) is 24.9. The Morgan fingerprint density at radius 3 is 2.90 bits per heavy atom. The van der Waals surface area contributed by atoms with Crippen molar-refractivity contribution in [3.8, 4) is 5.75 Å². The molecule has 0 spiro atoms. The van der Waals surface area contributed by atoms with E-state index in [0.717, 1.165) is 30.4 Å². The molecule has 0 heterocycles. The van der Waals surface area contributed by atoms with Crippen molar-refractivity contribution in [1.82, 2.24) is 0 Å². The minimum absolute atomic E-state index is 0.0535. The second-order valence-corrected chi connectivity index (χ2v) is 6.99. The highest BCUT2D eigenvalue weighted by molar-refractivity contribution is 9.12. The fraction of sp³-hybridized carbons (Fsp3) is 0.438. The second kappa shape index (κ2) is 5.10. The highest BCUT2D eigenvalue weighted by atomic mass is 79.9. The summed E-state index contributed by atoms with van der Waals surface area (Å²) in [4.78, 5) is 12.2. The molecular formula is C16H15BrClFO2. The zero-order valence-electron chi connectivity index (χ0n) is 11.6. The minimum Gasteiger partial charge on any atom is -0.504 e. The van der Waals surface area contributed by atoms with E-state index in [0.29, 0.717) is 22.9 Å². The van der Waals surface area contributed by atoms with E-state index in [2.05, 4.69) is 22.9 Å². The van der Waals surface area contributed by atoms with Crippen LogP contribution in [0.4, 0.5) is 4.39 Å². The molecule has 5 heteroatoms. The first kappa shape index (κ1) is 15.0. The van der Waals surface area contributed by atoms with Crippen LogP contribution in [-0.2, 0) is 11.2 Å². The summed E-state index contributed by atoms with van der Waals surface area (Å²) in [5, 5.41) is 9.81. The van der Waals surface area contributed by atoms with E-state index in [4.69, 9.17) is 11.6 Å². The van der Waals surface area contributed by atoms with Gasteiger partial charge in [0, 0.05) is 11.8 Å². The van der Waals surface area contributed by atoms with Crippen molar-refractivity contribution >= 4 is 38.9 Å². The Morgan fingerprint density at radius 1 is 1.52 bits per heavy atom. The summed E-state index contributed by atoms with van der Waals surface area (Å²) in [5.41, 5.74) is 2.08. The van der Waals surface area contributed by atoms with Crippen LogP contribution in [0.1, 0.15) is 43.7 Å². The van der Waals surface area contributed by atoms with Gasteiger partial charge in [0.15, 0.2) is 17.3 Å². The largest absolute Gasteiger partial charge is 0.504 e. The summed E-state index contributed by atoms with van der Waals surface area (Å²) in [6.45, 7) is 2.08. The van der Waals surface area contributed by atoms with E-state index in [1.165, 1.54) is 6.07 Å². The number of ketones is 1. The predicted octanol–water partition coefficient (Wildman–Crippen LogP) is 5.00. The molecule has 0 saturated heterocycles. The Kier molecular flexibility index (Phi) is 3.65. The zero-order valence-corrected chi connectivity index (χ0v) is 13.9. The molecule has 112 valence electrons. The molecule has 0 amide bonds. The van der Waals surface area contributed by atoms with Crippen LogP contribution in [0, 0.1) is 11.2 Å². The number of halogens is 3. The molecule has 2 aliphatic carbocycles. The molecule has 0 saturated carbocycles. The molecule has 0 fully saturated rings. The van der Waals surface area contributed by atoms with E-state index in [1.807, 2.05) is 0 Å². The highest BCUT2D eigenvalue weighted by Gasteiger charge is 2.45. The summed E-state index contributed by atoms with van der Waals surface area (Å²) in [6, 6.07) is 1.31. The Bertz CT molecular complexity index is 683. The van der Waals surface area contributed by atoms with Gasteiger partial charge in [0.25, 0.3) is 0 Å². The number of carbonyl (C=O) groups excluding carboxylic acids is 1. The van der Waals surface area contributed by atoms with Crippen molar-refractivity contribution in [1.29, 1.82) is 0 Å². The van der Waals surface area contributed by atoms with Gasteiger partial charge in [-0.05, 0) is 64.4 Å². The lowest BCUT2D eigenvalue weighted by atomic mass is 9.75. The maximum Gasteiger partial charge on any atom is 0.170 e. The Morgan fingerprint density at radius 2 is 2.24 bits per heavy atom. The average molecular weight is 374 g/mol. The first-order valence-electron chi connectivity index (χ1n) is 7.05. The van der Waals surface area contributed by atoms with E-state index in [1.54, 1.807) is 0 Å². The third kappa shape index (κ3) is 2.07. The van der Waals surface area contributed by atoms with Crippen LogP contribution in [0.3, 0.4) is 0 Å². The number of rotatable bonds is 1. The van der Waals surface area contributed by atoms with Crippen molar-refractivity contribution in [3.63, 3.8) is 0 Å². The first-order chi connectivity index (χ1) is 9.91. The van der Waals surface area contributed by atoms with E-state index < -0.39 is 11.6 Å². The van der Waals surface area contributed by atoms with Crippen LogP contribution in [0.2, 0.25) is 5.02 Å². The molecule has 0 radical (unpaired) electrons. The lowest BCUT2D eigenvalue weighted by molar-refractivity contribution is -0.114. The molecule has 1 aromatic rings. The number of hydrogen-bond donors (Lipinski definition) is 1. The van der Waals surface area contributed by atoms with Gasteiger partial charge < -0.3 is 5.11 Å². The van der Waals surface area contributed by atoms with Gasteiger partial charge in [0.1, 0.15) is 0 Å². The Hall–Kier alpha value is -0.870. The van der Waals surface area contributed by atoms with Gasteiger partial charge in [-0.2, -0.15) is 0 Å². The predicted molar refractivity (Wildman–Crippen MR) is 84.2 cm³/mol. The molecular weight excluding hydrogens is 359 g/mol. The highest BCUT2D eigenvalue weighted by Crippen LogP contribution is 2.58. The van der Waals surface area contributed by atoms with Crippen molar-refractivity contribution in [2.75, 3.05) is 0 Å². The third-order valence-corrected chi connectivity index (χ3v) is 6.06. The number of allylic oxidation sites excluding steroid dienone is 2. The second-order valence-electron chi connectivity index (χ2n) is 5.82. The van der Waals surface area contributed by atoms with Gasteiger partial charge >= 0.3 is 0 Å². The molecule has 2 nitrogen and oxygen atoms in total. The van der Waals surface area contributed by atoms with Gasteiger partial charge in [-0.1, -0.05) is 18.5 Å². The number of carbonyl (C=O) groups is 1. The molecule has 21 heavy (non-hydrogen) atoms. The quantitative estimate of drug-likeness (QED) is 0.752. The summed E-state index contributed by atoms with van der Waals surface area (Å²) >= 11 is 9.57. The van der Waals surface area contributed by atoms with Gasteiger partial charge in [-0.15, -0.1) is 0 Å². The number of fused-ring (bicyclic) bond motifs is 3. The Labute approximate surface area is 136 Å². The van der Waals surface area contributed by atoms with Crippen LogP contribution >= 0.6 is 27.5 Å². The number of benzene rings is 1. The van der Waals surface area contributed by atoms with E-state index in [9.17, 15) is 14.3 Å².